The highest BCUT2D eigenvalue weighted by Crippen LogP contribution is 2.33. The highest BCUT2D eigenvalue weighted by Gasteiger charge is 2.26. The fourth-order valence-electron chi connectivity index (χ4n) is 2.94. The van der Waals surface area contributed by atoms with Gasteiger partial charge in [0, 0.05) is 23.8 Å². The summed E-state index contributed by atoms with van der Waals surface area (Å²) < 4.78 is 0. The third kappa shape index (κ3) is 3.90. The molecule has 1 saturated heterocycles. The Morgan fingerprint density at radius 1 is 1.44 bits per heavy atom. The van der Waals surface area contributed by atoms with Crippen LogP contribution < -0.4 is 16.0 Å². The van der Waals surface area contributed by atoms with Gasteiger partial charge >= 0.3 is 5.69 Å². The van der Waals surface area contributed by atoms with E-state index >= 15 is 0 Å². The maximum atomic E-state index is 11.4. The third-order valence-corrected chi connectivity index (χ3v) is 4.34. The molecule has 1 aromatic heterocycles. The van der Waals surface area contributed by atoms with E-state index < -0.39 is 4.92 Å². The number of nitrogen functional groups attached to an aromatic ring is 1. The molecule has 2 heterocycles. The minimum Gasteiger partial charge on any atom is -0.378 e. The number of benzene rings is 1. The summed E-state index contributed by atoms with van der Waals surface area (Å²) in [7, 11) is 0. The SMILES string of the molecule is C[C@@H]1CCCN(c2nc(N)c([N+](=O)[O-])c(Nc3cccc(Cl)c3)n2)C1. The molecule has 0 aliphatic carbocycles. The van der Waals surface area contributed by atoms with Crippen LogP contribution in [0.1, 0.15) is 19.8 Å². The molecule has 8 nitrogen and oxygen atoms in total. The lowest BCUT2D eigenvalue weighted by atomic mass is 10.0. The van der Waals surface area contributed by atoms with Crippen LogP contribution in [-0.2, 0) is 0 Å². The van der Waals surface area contributed by atoms with Crippen molar-refractivity contribution < 1.29 is 4.92 Å². The zero-order valence-corrected chi connectivity index (χ0v) is 14.5. The minimum absolute atomic E-state index is 0.0630. The average molecular weight is 363 g/mol. The van der Waals surface area contributed by atoms with Crippen LogP contribution in [-0.4, -0.2) is 28.0 Å². The lowest BCUT2D eigenvalue weighted by molar-refractivity contribution is -0.383. The van der Waals surface area contributed by atoms with Crippen LogP contribution >= 0.6 is 11.6 Å². The Bertz CT molecular complexity index is 800. The second-order valence-electron chi connectivity index (χ2n) is 6.19. The van der Waals surface area contributed by atoms with Gasteiger partial charge in [-0.15, -0.1) is 0 Å². The monoisotopic (exact) mass is 362 g/mol. The number of halogens is 1. The molecule has 1 aliphatic heterocycles. The molecule has 0 amide bonds. The van der Waals surface area contributed by atoms with Gasteiger partial charge in [-0.25, -0.2) is 0 Å². The highest BCUT2D eigenvalue weighted by molar-refractivity contribution is 6.30. The number of hydrogen-bond acceptors (Lipinski definition) is 7. The Morgan fingerprint density at radius 2 is 2.24 bits per heavy atom. The molecule has 3 rings (SSSR count). The predicted molar refractivity (Wildman–Crippen MR) is 98.4 cm³/mol. The number of rotatable bonds is 4. The summed E-state index contributed by atoms with van der Waals surface area (Å²) in [6.07, 6.45) is 2.17. The zero-order chi connectivity index (χ0) is 18.0. The van der Waals surface area contributed by atoms with Gasteiger partial charge in [-0.2, -0.15) is 9.97 Å². The van der Waals surface area contributed by atoms with Crippen molar-refractivity contribution in [1.82, 2.24) is 9.97 Å². The molecular formula is C16H19ClN6O2. The fourth-order valence-corrected chi connectivity index (χ4v) is 3.13. The summed E-state index contributed by atoms with van der Waals surface area (Å²) in [5.74, 6) is 0.822. The Labute approximate surface area is 150 Å². The molecule has 1 fully saturated rings. The van der Waals surface area contributed by atoms with Crippen molar-refractivity contribution in [3.63, 3.8) is 0 Å². The first-order valence-electron chi connectivity index (χ1n) is 8.03. The van der Waals surface area contributed by atoms with Crippen LogP contribution in [0.4, 0.5) is 29.0 Å². The Kier molecular flexibility index (Phi) is 4.89. The molecule has 1 aromatic carbocycles. The molecule has 0 saturated carbocycles. The van der Waals surface area contributed by atoms with E-state index in [-0.39, 0.29) is 17.3 Å². The highest BCUT2D eigenvalue weighted by atomic mass is 35.5. The number of nitrogens with one attached hydrogen (secondary N) is 1. The summed E-state index contributed by atoms with van der Waals surface area (Å²) >= 11 is 5.97. The number of aromatic nitrogens is 2. The quantitative estimate of drug-likeness (QED) is 0.631. The maximum absolute atomic E-state index is 11.4. The molecule has 2 aromatic rings. The molecule has 0 unspecified atom stereocenters. The van der Waals surface area contributed by atoms with E-state index in [1.807, 2.05) is 4.90 Å². The van der Waals surface area contributed by atoms with Gasteiger partial charge in [-0.05, 0) is 37.0 Å². The maximum Gasteiger partial charge on any atom is 0.353 e. The van der Waals surface area contributed by atoms with Crippen molar-refractivity contribution in [3.8, 4) is 0 Å². The topological polar surface area (TPSA) is 110 Å². The third-order valence-electron chi connectivity index (χ3n) is 4.11. The number of nitrogens with zero attached hydrogens (tertiary/aromatic N) is 4. The molecule has 3 N–H and O–H groups in total. The number of nitro groups is 1. The predicted octanol–water partition coefficient (Wildman–Crippen LogP) is 3.60. The summed E-state index contributed by atoms with van der Waals surface area (Å²) in [6.45, 7) is 3.76. The lowest BCUT2D eigenvalue weighted by Crippen LogP contribution is -2.35. The van der Waals surface area contributed by atoms with Gasteiger partial charge in [0.2, 0.25) is 17.6 Å². The van der Waals surface area contributed by atoms with Crippen LogP contribution in [0.2, 0.25) is 5.02 Å². The number of nitrogens with two attached hydrogens (primary N) is 1. The van der Waals surface area contributed by atoms with Gasteiger partial charge in [0.05, 0.1) is 4.92 Å². The second kappa shape index (κ2) is 7.10. The Hall–Kier alpha value is -2.61. The first kappa shape index (κ1) is 17.2. The van der Waals surface area contributed by atoms with Crippen molar-refractivity contribution in [1.29, 1.82) is 0 Å². The van der Waals surface area contributed by atoms with Crippen LogP contribution in [0.3, 0.4) is 0 Å². The van der Waals surface area contributed by atoms with E-state index in [0.29, 0.717) is 22.6 Å². The molecule has 132 valence electrons. The largest absolute Gasteiger partial charge is 0.378 e. The first-order valence-corrected chi connectivity index (χ1v) is 8.41. The van der Waals surface area contributed by atoms with E-state index in [4.69, 9.17) is 17.3 Å². The Balaban J connectivity index is 2.00. The van der Waals surface area contributed by atoms with Gasteiger partial charge in [-0.3, -0.25) is 10.1 Å². The van der Waals surface area contributed by atoms with Crippen LogP contribution in [0, 0.1) is 16.0 Å². The van der Waals surface area contributed by atoms with Crippen molar-refractivity contribution >= 4 is 40.6 Å². The van der Waals surface area contributed by atoms with Gasteiger partial charge in [0.25, 0.3) is 0 Å². The van der Waals surface area contributed by atoms with E-state index in [2.05, 4.69) is 22.2 Å². The molecule has 9 heteroatoms. The zero-order valence-electron chi connectivity index (χ0n) is 13.8. The normalized spacial score (nSPS) is 17.4. The van der Waals surface area contributed by atoms with Gasteiger partial charge in [0.1, 0.15) is 0 Å². The van der Waals surface area contributed by atoms with Crippen molar-refractivity contribution in [2.75, 3.05) is 29.0 Å². The van der Waals surface area contributed by atoms with Gasteiger partial charge in [-0.1, -0.05) is 24.6 Å². The van der Waals surface area contributed by atoms with Crippen LogP contribution in [0.15, 0.2) is 24.3 Å². The van der Waals surface area contributed by atoms with E-state index in [0.717, 1.165) is 25.9 Å². The second-order valence-corrected chi connectivity index (χ2v) is 6.63. The van der Waals surface area contributed by atoms with E-state index in [1.54, 1.807) is 24.3 Å². The summed E-state index contributed by atoms with van der Waals surface area (Å²) in [5.41, 5.74) is 6.11. The average Bonchev–Trinajstić information content (AvgIpc) is 2.54. The van der Waals surface area contributed by atoms with Crippen LogP contribution in [0.25, 0.3) is 0 Å². The van der Waals surface area contributed by atoms with Crippen molar-refractivity contribution in [2.45, 2.75) is 19.8 Å². The molecular weight excluding hydrogens is 344 g/mol. The minimum atomic E-state index is -0.579. The van der Waals surface area contributed by atoms with Crippen molar-refractivity contribution in [2.24, 2.45) is 5.92 Å². The fraction of sp³-hybridized carbons (Fsp3) is 0.375. The molecule has 0 spiro atoms. The summed E-state index contributed by atoms with van der Waals surface area (Å²) in [6, 6.07) is 6.87. The van der Waals surface area contributed by atoms with Gasteiger partial charge in [0.15, 0.2) is 0 Å². The van der Waals surface area contributed by atoms with E-state index in [9.17, 15) is 10.1 Å². The number of hydrogen-bond donors (Lipinski definition) is 2. The first-order chi connectivity index (χ1) is 11.9. The molecule has 0 radical (unpaired) electrons. The molecule has 1 atom stereocenters. The van der Waals surface area contributed by atoms with Gasteiger partial charge < -0.3 is 16.0 Å². The lowest BCUT2D eigenvalue weighted by Gasteiger charge is -2.31. The molecule has 1 aliphatic rings. The van der Waals surface area contributed by atoms with E-state index in [1.165, 1.54) is 0 Å². The Morgan fingerprint density at radius 3 is 2.92 bits per heavy atom. The van der Waals surface area contributed by atoms with Crippen LogP contribution in [0.5, 0.6) is 0 Å². The molecule has 25 heavy (non-hydrogen) atoms. The number of piperidine rings is 1. The standard InChI is InChI=1S/C16H19ClN6O2/c1-10-4-3-7-22(9-10)16-20-14(18)13(23(24)25)15(21-16)19-12-6-2-5-11(17)8-12/h2,5-6,8,10H,3-4,7,9H2,1H3,(H3,18,19,20,21)/t10-/m1/s1. The summed E-state index contributed by atoms with van der Waals surface area (Å²) in [5, 5.41) is 14.9. The number of anilines is 4. The molecule has 0 bridgehead atoms. The smallest absolute Gasteiger partial charge is 0.353 e. The van der Waals surface area contributed by atoms with Crippen molar-refractivity contribution in [3.05, 3.63) is 39.4 Å². The summed E-state index contributed by atoms with van der Waals surface area (Å²) in [4.78, 5) is 21.4.